The van der Waals surface area contributed by atoms with Gasteiger partial charge in [-0.2, -0.15) is 0 Å². The van der Waals surface area contributed by atoms with E-state index in [-0.39, 0.29) is 17.0 Å². The van der Waals surface area contributed by atoms with Crippen LogP contribution in [0.3, 0.4) is 0 Å². The molecule has 0 atom stereocenters. The molecule has 5 nitrogen and oxygen atoms in total. The van der Waals surface area contributed by atoms with Crippen molar-refractivity contribution in [3.05, 3.63) is 29.0 Å². The smallest absolute Gasteiger partial charge is 0.257 e. The van der Waals surface area contributed by atoms with Crippen molar-refractivity contribution in [2.24, 2.45) is 0 Å². The fourth-order valence-corrected chi connectivity index (χ4v) is 2.51. The largest absolute Gasteiger partial charge is 0.341 e. The van der Waals surface area contributed by atoms with Crippen LogP contribution in [0.25, 0.3) is 0 Å². The van der Waals surface area contributed by atoms with Crippen LogP contribution in [0.15, 0.2) is 18.3 Å². The number of halogens is 1. The average Bonchev–Trinajstić information content (AvgIpc) is 2.72. The van der Waals surface area contributed by atoms with Crippen LogP contribution in [-0.2, 0) is 4.79 Å². The van der Waals surface area contributed by atoms with Gasteiger partial charge in [-0.25, -0.2) is 4.98 Å². The second-order valence-corrected chi connectivity index (χ2v) is 5.08. The van der Waals surface area contributed by atoms with E-state index in [4.69, 9.17) is 11.6 Å². The fourth-order valence-electron chi connectivity index (χ4n) is 2.31. The number of aromatic nitrogens is 1. The first-order valence-electron chi connectivity index (χ1n) is 6.81. The lowest BCUT2D eigenvalue weighted by Crippen LogP contribution is -2.37. The van der Waals surface area contributed by atoms with E-state index < -0.39 is 0 Å². The Kier molecular flexibility index (Phi) is 4.95. The van der Waals surface area contributed by atoms with Gasteiger partial charge in [0, 0.05) is 38.8 Å². The first-order chi connectivity index (χ1) is 9.63. The number of rotatable bonds is 2. The summed E-state index contributed by atoms with van der Waals surface area (Å²) >= 11 is 5.96. The molecule has 1 saturated heterocycles. The van der Waals surface area contributed by atoms with Gasteiger partial charge >= 0.3 is 0 Å². The third kappa shape index (κ3) is 3.28. The van der Waals surface area contributed by atoms with E-state index in [0.717, 1.165) is 6.42 Å². The Hall–Kier alpha value is -1.62. The molecule has 2 amide bonds. The van der Waals surface area contributed by atoms with Gasteiger partial charge in [0.25, 0.3) is 5.91 Å². The second-order valence-electron chi connectivity index (χ2n) is 4.72. The van der Waals surface area contributed by atoms with Crippen LogP contribution in [0.2, 0.25) is 5.15 Å². The maximum atomic E-state index is 12.4. The van der Waals surface area contributed by atoms with Gasteiger partial charge < -0.3 is 9.80 Å². The number of carbonyl (C=O) groups is 2. The van der Waals surface area contributed by atoms with Gasteiger partial charge in [0.15, 0.2) is 0 Å². The van der Waals surface area contributed by atoms with Gasteiger partial charge in [-0.05, 0) is 18.6 Å². The molecule has 1 aliphatic heterocycles. The summed E-state index contributed by atoms with van der Waals surface area (Å²) in [5, 5.41) is 0.225. The molecule has 20 heavy (non-hydrogen) atoms. The summed E-state index contributed by atoms with van der Waals surface area (Å²) in [6.45, 7) is 4.31. The molecule has 1 aromatic heterocycles. The molecule has 0 saturated carbocycles. The summed E-state index contributed by atoms with van der Waals surface area (Å²) in [6.07, 6.45) is 2.85. The van der Waals surface area contributed by atoms with Crippen molar-refractivity contribution in [1.29, 1.82) is 0 Å². The quantitative estimate of drug-likeness (QED) is 0.782. The monoisotopic (exact) mass is 295 g/mol. The Morgan fingerprint density at radius 2 is 1.95 bits per heavy atom. The highest BCUT2D eigenvalue weighted by atomic mass is 35.5. The number of nitrogens with zero attached hydrogens (tertiary/aromatic N) is 3. The third-order valence-corrected chi connectivity index (χ3v) is 3.73. The highest BCUT2D eigenvalue weighted by molar-refractivity contribution is 6.32. The molecule has 2 heterocycles. The van der Waals surface area contributed by atoms with E-state index in [9.17, 15) is 9.59 Å². The zero-order valence-corrected chi connectivity index (χ0v) is 12.3. The van der Waals surface area contributed by atoms with Crippen LogP contribution in [0.4, 0.5) is 0 Å². The van der Waals surface area contributed by atoms with Gasteiger partial charge in [-0.15, -0.1) is 0 Å². The van der Waals surface area contributed by atoms with Crippen molar-refractivity contribution in [3.63, 3.8) is 0 Å². The Morgan fingerprint density at radius 1 is 1.25 bits per heavy atom. The fraction of sp³-hybridized carbons (Fsp3) is 0.500. The van der Waals surface area contributed by atoms with E-state index in [0.29, 0.717) is 38.2 Å². The topological polar surface area (TPSA) is 53.5 Å². The van der Waals surface area contributed by atoms with Crippen LogP contribution in [0.5, 0.6) is 0 Å². The summed E-state index contributed by atoms with van der Waals surface area (Å²) in [5.41, 5.74) is 0.421. The molecule has 0 aliphatic carbocycles. The molecule has 108 valence electrons. The van der Waals surface area contributed by atoms with Crippen LogP contribution < -0.4 is 0 Å². The Balaban J connectivity index is 2.05. The van der Waals surface area contributed by atoms with E-state index in [2.05, 4.69) is 4.98 Å². The summed E-state index contributed by atoms with van der Waals surface area (Å²) in [5.74, 6) is 0.0209. The lowest BCUT2D eigenvalue weighted by molar-refractivity contribution is -0.130. The van der Waals surface area contributed by atoms with Crippen LogP contribution in [0, 0.1) is 0 Å². The maximum Gasteiger partial charge on any atom is 0.257 e. The van der Waals surface area contributed by atoms with Crippen molar-refractivity contribution in [2.45, 2.75) is 19.8 Å². The Bertz CT molecular complexity index is 507. The molecule has 1 aromatic rings. The average molecular weight is 296 g/mol. The number of hydrogen-bond acceptors (Lipinski definition) is 3. The second kappa shape index (κ2) is 6.70. The van der Waals surface area contributed by atoms with E-state index in [1.807, 2.05) is 11.8 Å². The Morgan fingerprint density at radius 3 is 2.65 bits per heavy atom. The van der Waals surface area contributed by atoms with Crippen molar-refractivity contribution < 1.29 is 9.59 Å². The standard InChI is InChI=1S/C14H18ClN3O2/c1-2-12(19)17-7-4-8-18(10-9-17)14(20)11-5-3-6-16-13(11)15/h3,5-6H,2,4,7-10H2,1H3. The van der Waals surface area contributed by atoms with Gasteiger partial charge in [0.2, 0.25) is 5.91 Å². The van der Waals surface area contributed by atoms with Gasteiger partial charge in [0.05, 0.1) is 5.56 Å². The minimum Gasteiger partial charge on any atom is -0.341 e. The number of hydrogen-bond donors (Lipinski definition) is 0. The first-order valence-corrected chi connectivity index (χ1v) is 7.19. The molecule has 0 bridgehead atoms. The Labute approximate surface area is 123 Å². The lowest BCUT2D eigenvalue weighted by Gasteiger charge is -2.22. The van der Waals surface area contributed by atoms with Gasteiger partial charge in [-0.3, -0.25) is 9.59 Å². The van der Waals surface area contributed by atoms with E-state index >= 15 is 0 Å². The van der Waals surface area contributed by atoms with Crippen LogP contribution in [-0.4, -0.2) is 52.8 Å². The maximum absolute atomic E-state index is 12.4. The summed E-state index contributed by atoms with van der Waals surface area (Å²) < 4.78 is 0. The highest BCUT2D eigenvalue weighted by Gasteiger charge is 2.23. The molecule has 0 N–H and O–H groups in total. The molecular weight excluding hydrogens is 278 g/mol. The molecule has 0 radical (unpaired) electrons. The number of pyridine rings is 1. The van der Waals surface area contributed by atoms with Crippen molar-refractivity contribution in [3.8, 4) is 0 Å². The molecule has 0 unspecified atom stereocenters. The normalized spacial score (nSPS) is 15.9. The molecule has 0 aromatic carbocycles. The predicted octanol–water partition coefficient (Wildman–Crippen LogP) is 1.82. The molecule has 6 heteroatoms. The van der Waals surface area contributed by atoms with Gasteiger partial charge in [-0.1, -0.05) is 18.5 Å². The third-order valence-electron chi connectivity index (χ3n) is 3.43. The lowest BCUT2D eigenvalue weighted by atomic mass is 10.2. The molecule has 1 aliphatic rings. The van der Waals surface area contributed by atoms with Crippen LogP contribution >= 0.6 is 11.6 Å². The summed E-state index contributed by atoms with van der Waals surface area (Å²) in [6, 6.07) is 3.38. The predicted molar refractivity (Wildman–Crippen MR) is 76.6 cm³/mol. The SMILES string of the molecule is CCC(=O)N1CCCN(C(=O)c2cccnc2Cl)CC1. The molecule has 1 fully saturated rings. The van der Waals surface area contributed by atoms with Crippen molar-refractivity contribution in [1.82, 2.24) is 14.8 Å². The molecule has 2 rings (SSSR count). The zero-order valence-electron chi connectivity index (χ0n) is 11.5. The first kappa shape index (κ1) is 14.8. The van der Waals surface area contributed by atoms with E-state index in [1.165, 1.54) is 0 Å². The highest BCUT2D eigenvalue weighted by Crippen LogP contribution is 2.16. The minimum absolute atomic E-state index is 0.117. The number of amides is 2. The van der Waals surface area contributed by atoms with E-state index in [1.54, 1.807) is 23.2 Å². The summed E-state index contributed by atoms with van der Waals surface area (Å²) in [4.78, 5) is 31.6. The van der Waals surface area contributed by atoms with Crippen LogP contribution in [0.1, 0.15) is 30.1 Å². The van der Waals surface area contributed by atoms with Crippen molar-refractivity contribution >= 4 is 23.4 Å². The zero-order chi connectivity index (χ0) is 14.5. The molecular formula is C14H18ClN3O2. The summed E-state index contributed by atoms with van der Waals surface area (Å²) in [7, 11) is 0. The number of carbonyl (C=O) groups excluding carboxylic acids is 2. The minimum atomic E-state index is -0.117. The molecule has 0 spiro atoms. The van der Waals surface area contributed by atoms with Crippen molar-refractivity contribution in [2.75, 3.05) is 26.2 Å². The van der Waals surface area contributed by atoms with Gasteiger partial charge in [0.1, 0.15) is 5.15 Å².